The monoisotopic (exact) mass is 478 g/mol. The minimum Gasteiger partial charge on any atom is -0.0888 e. The first kappa shape index (κ1) is 20.6. The number of rotatable bonds is 1. The zero-order chi connectivity index (χ0) is 23.6. The Morgan fingerprint density at radius 1 is 0.667 bits per heavy atom. The van der Waals surface area contributed by atoms with E-state index in [2.05, 4.69) is 97.1 Å². The maximum Gasteiger partial charge on any atom is 0.0207 e. The third kappa shape index (κ3) is 3.02. The summed E-state index contributed by atoms with van der Waals surface area (Å²) in [6.45, 7) is 0. The molecule has 3 aliphatic rings. The van der Waals surface area contributed by atoms with Crippen LogP contribution in [0, 0.1) is 0 Å². The van der Waals surface area contributed by atoms with Crippen LogP contribution in [-0.4, -0.2) is 0 Å². The molecule has 0 spiro atoms. The minimum absolute atomic E-state index is 1.13. The van der Waals surface area contributed by atoms with Crippen LogP contribution in [-0.2, 0) is 12.8 Å². The second kappa shape index (κ2) is 7.98. The molecule has 8 rings (SSSR count). The van der Waals surface area contributed by atoms with E-state index >= 15 is 0 Å². The zero-order valence-electron chi connectivity index (χ0n) is 20.2. The molecule has 0 saturated heterocycles. The molecule has 0 saturated carbocycles. The van der Waals surface area contributed by atoms with Gasteiger partial charge in [0.05, 0.1) is 0 Å². The molecule has 1 heteroatoms. The van der Waals surface area contributed by atoms with Crippen molar-refractivity contribution in [1.82, 2.24) is 0 Å². The van der Waals surface area contributed by atoms with Crippen molar-refractivity contribution in [3.05, 3.63) is 107 Å². The number of fused-ring (bicyclic) bond motifs is 6. The molecule has 0 fully saturated rings. The van der Waals surface area contributed by atoms with Crippen LogP contribution in [0.1, 0.15) is 41.5 Å². The van der Waals surface area contributed by atoms with Crippen molar-refractivity contribution < 1.29 is 0 Å². The molecule has 0 bridgehead atoms. The van der Waals surface area contributed by atoms with Gasteiger partial charge in [-0.15, -0.1) is 0 Å². The highest BCUT2D eigenvalue weighted by Gasteiger charge is 2.22. The predicted octanol–water partition coefficient (Wildman–Crippen LogP) is 10.1. The van der Waals surface area contributed by atoms with Gasteiger partial charge in [0.2, 0.25) is 0 Å². The lowest BCUT2D eigenvalue weighted by atomic mass is 9.82. The summed E-state index contributed by atoms with van der Waals surface area (Å²) >= 11 is 1.91. The van der Waals surface area contributed by atoms with Crippen molar-refractivity contribution in [1.29, 1.82) is 0 Å². The Hall–Kier alpha value is -3.55. The Kier molecular flexibility index (Phi) is 4.57. The summed E-state index contributed by atoms with van der Waals surface area (Å²) in [6, 6.07) is 27.9. The summed E-state index contributed by atoms with van der Waals surface area (Å²) in [4.78, 5) is 2.72. The molecular weight excluding hydrogens is 452 g/mol. The lowest BCUT2D eigenvalue weighted by Crippen LogP contribution is -2.01. The maximum atomic E-state index is 2.51. The Morgan fingerprint density at radius 2 is 1.58 bits per heavy atom. The molecule has 0 unspecified atom stereocenters. The van der Waals surface area contributed by atoms with Crippen molar-refractivity contribution in [2.45, 2.75) is 41.9 Å². The fourth-order valence-electron chi connectivity index (χ4n) is 6.53. The van der Waals surface area contributed by atoms with E-state index in [0.29, 0.717) is 0 Å². The molecule has 1 aliphatic heterocycles. The van der Waals surface area contributed by atoms with Gasteiger partial charge in [-0.2, -0.15) is 0 Å². The van der Waals surface area contributed by atoms with E-state index in [9.17, 15) is 0 Å². The molecule has 0 amide bonds. The molecule has 2 aliphatic carbocycles. The van der Waals surface area contributed by atoms with E-state index < -0.39 is 0 Å². The smallest absolute Gasteiger partial charge is 0.0207 e. The summed E-state index contributed by atoms with van der Waals surface area (Å²) in [5.74, 6) is 0. The lowest BCUT2D eigenvalue weighted by Gasteiger charge is -2.24. The van der Waals surface area contributed by atoms with Crippen molar-refractivity contribution in [3.63, 3.8) is 0 Å². The topological polar surface area (TPSA) is 0 Å². The Morgan fingerprint density at radius 3 is 2.56 bits per heavy atom. The van der Waals surface area contributed by atoms with Gasteiger partial charge in [0, 0.05) is 15.2 Å². The molecule has 0 N–H and O–H groups in total. The summed E-state index contributed by atoms with van der Waals surface area (Å²) in [7, 11) is 0. The number of hydrogen-bond donors (Lipinski definition) is 0. The summed E-state index contributed by atoms with van der Waals surface area (Å²) in [6.07, 6.45) is 15.2. The SMILES string of the molecule is C1=Cc2ccc3c(-c4ccc5c(c4)-c4cccc6cccc(c46)S5)c4c(cc3c2CCC1)CCC=C4. The quantitative estimate of drug-likeness (QED) is 0.226. The second-order valence-electron chi connectivity index (χ2n) is 10.3. The highest BCUT2D eigenvalue weighted by Crippen LogP contribution is 2.50. The molecule has 0 nitrogen and oxygen atoms in total. The highest BCUT2D eigenvalue weighted by atomic mass is 32.2. The van der Waals surface area contributed by atoms with Crippen LogP contribution in [0.15, 0.2) is 94.7 Å². The first-order valence-corrected chi connectivity index (χ1v) is 14.0. The van der Waals surface area contributed by atoms with Gasteiger partial charge in [0.15, 0.2) is 0 Å². The van der Waals surface area contributed by atoms with Gasteiger partial charge in [-0.05, 0) is 111 Å². The Bertz CT molecular complexity index is 1780. The first-order chi connectivity index (χ1) is 17.8. The molecule has 0 atom stereocenters. The number of allylic oxidation sites excluding steroid dienone is 2. The van der Waals surface area contributed by atoms with Crippen LogP contribution >= 0.6 is 11.8 Å². The number of aryl methyl sites for hydroxylation is 2. The highest BCUT2D eigenvalue weighted by molar-refractivity contribution is 7.99. The lowest BCUT2D eigenvalue weighted by molar-refractivity contribution is 0.856. The molecule has 0 radical (unpaired) electrons. The van der Waals surface area contributed by atoms with Gasteiger partial charge in [-0.3, -0.25) is 0 Å². The number of benzene rings is 5. The average Bonchev–Trinajstić information content (AvgIpc) is 3.18. The fourth-order valence-corrected chi connectivity index (χ4v) is 7.66. The van der Waals surface area contributed by atoms with Gasteiger partial charge in [-0.25, -0.2) is 0 Å². The second-order valence-corrected chi connectivity index (χ2v) is 11.3. The largest absolute Gasteiger partial charge is 0.0888 e. The van der Waals surface area contributed by atoms with Gasteiger partial charge in [-0.1, -0.05) is 90.7 Å². The van der Waals surface area contributed by atoms with Gasteiger partial charge >= 0.3 is 0 Å². The molecule has 0 aromatic heterocycles. The van der Waals surface area contributed by atoms with E-state index in [1.807, 2.05) is 11.8 Å². The summed E-state index contributed by atoms with van der Waals surface area (Å²) in [5, 5.41) is 5.58. The van der Waals surface area contributed by atoms with Crippen molar-refractivity contribution >= 4 is 45.5 Å². The van der Waals surface area contributed by atoms with Crippen LogP contribution < -0.4 is 0 Å². The van der Waals surface area contributed by atoms with E-state index in [-0.39, 0.29) is 0 Å². The zero-order valence-corrected chi connectivity index (χ0v) is 21.0. The molecule has 5 aromatic rings. The van der Waals surface area contributed by atoms with Crippen LogP contribution in [0.5, 0.6) is 0 Å². The number of hydrogen-bond acceptors (Lipinski definition) is 1. The van der Waals surface area contributed by atoms with Crippen molar-refractivity contribution in [2.75, 3.05) is 0 Å². The first-order valence-electron chi connectivity index (χ1n) is 13.1. The molecule has 172 valence electrons. The van der Waals surface area contributed by atoms with E-state index in [1.165, 1.54) is 88.7 Å². The third-order valence-corrected chi connectivity index (χ3v) is 9.34. The molecule has 1 heterocycles. The van der Waals surface area contributed by atoms with Crippen molar-refractivity contribution in [2.24, 2.45) is 0 Å². The van der Waals surface area contributed by atoms with Crippen LogP contribution in [0.3, 0.4) is 0 Å². The van der Waals surface area contributed by atoms with Crippen LogP contribution in [0.4, 0.5) is 0 Å². The molecular formula is C35H26S. The molecule has 5 aromatic carbocycles. The third-order valence-electron chi connectivity index (χ3n) is 8.20. The predicted molar refractivity (Wildman–Crippen MR) is 156 cm³/mol. The summed E-state index contributed by atoms with van der Waals surface area (Å²) < 4.78 is 0. The summed E-state index contributed by atoms with van der Waals surface area (Å²) in [5.41, 5.74) is 11.3. The van der Waals surface area contributed by atoms with Crippen LogP contribution in [0.25, 0.3) is 56.0 Å². The van der Waals surface area contributed by atoms with Gasteiger partial charge in [0.1, 0.15) is 0 Å². The minimum atomic E-state index is 1.13. The Labute approximate surface area is 216 Å². The average molecular weight is 479 g/mol. The van der Waals surface area contributed by atoms with E-state index in [4.69, 9.17) is 0 Å². The standard InChI is InChI=1S/C35H26S/c1-2-8-22-16-18-29-30(26(22)12-3-1)20-24-9-4-5-13-27(24)34(29)25-17-19-32-31(21-25)28-14-6-10-23-11-7-15-33(36-32)35(23)28/h2,5-8,10-11,13-21H,1,3-4,9,12H2. The van der Waals surface area contributed by atoms with E-state index in [1.54, 1.807) is 0 Å². The molecule has 36 heavy (non-hydrogen) atoms. The normalized spacial score (nSPS) is 15.4. The van der Waals surface area contributed by atoms with Gasteiger partial charge < -0.3 is 0 Å². The fraction of sp³-hybridized carbons (Fsp3) is 0.143. The maximum absolute atomic E-state index is 2.51. The van der Waals surface area contributed by atoms with E-state index in [0.717, 1.165) is 19.3 Å². The van der Waals surface area contributed by atoms with Gasteiger partial charge in [0.25, 0.3) is 0 Å². The Balaban J connectivity index is 1.42. The van der Waals surface area contributed by atoms with Crippen LogP contribution in [0.2, 0.25) is 0 Å². The van der Waals surface area contributed by atoms with Crippen molar-refractivity contribution in [3.8, 4) is 22.3 Å².